The van der Waals surface area contributed by atoms with Gasteiger partial charge < -0.3 is 4.90 Å². The van der Waals surface area contributed by atoms with Crippen LogP contribution in [0.4, 0.5) is 8.78 Å². The van der Waals surface area contributed by atoms with Gasteiger partial charge in [0.15, 0.2) is 5.84 Å². The molecule has 0 radical (unpaired) electrons. The lowest BCUT2D eigenvalue weighted by Crippen LogP contribution is -2.35. The standard InChI is InChI=1S/C45H41F2N3S/c1-30-27-33(23-26-41(30)51(3,4,5)36-19-13-8-14-20-36)34-21-24-39-37(28-34)38-29-35(22-25-40(38)45(39,46)47)42-48-43(31-15-9-6-10-16-31)50(2)44(49-42)32-17-11-7-12-18-32/h6-29,43,51H,1-5H3. The van der Waals surface area contributed by atoms with E-state index in [2.05, 4.69) is 91.3 Å². The number of rotatable bonds is 6. The zero-order valence-electron chi connectivity index (χ0n) is 29.5. The number of hydrogen-bond donors (Lipinski definition) is 1. The average molecular weight is 694 g/mol. The molecule has 256 valence electrons. The maximum absolute atomic E-state index is 16.0. The molecule has 1 unspecified atom stereocenters. The summed E-state index contributed by atoms with van der Waals surface area (Å²) < 4.78 is 32.1. The van der Waals surface area contributed by atoms with E-state index in [0.717, 1.165) is 28.1 Å². The minimum atomic E-state index is -3.11. The molecule has 3 nitrogen and oxygen atoms in total. The molecule has 0 amide bonds. The van der Waals surface area contributed by atoms with Crippen LogP contribution in [0.1, 0.15) is 39.5 Å². The minimum Gasteiger partial charge on any atom is -0.333 e. The van der Waals surface area contributed by atoms with Crippen LogP contribution in [0.25, 0.3) is 22.3 Å². The molecule has 0 fully saturated rings. The number of aliphatic imine (C=N–C) groups is 2. The van der Waals surface area contributed by atoms with Gasteiger partial charge in [-0.2, -0.15) is 8.78 Å². The highest BCUT2D eigenvalue weighted by atomic mass is 32.3. The number of thiol groups is 1. The molecular weight excluding hydrogens is 653 g/mol. The van der Waals surface area contributed by atoms with E-state index in [1.807, 2.05) is 73.8 Å². The molecule has 0 saturated carbocycles. The summed E-state index contributed by atoms with van der Waals surface area (Å²) in [5.41, 5.74) is 6.89. The molecular formula is C45H41F2N3S. The monoisotopic (exact) mass is 693 g/mol. The molecule has 1 aliphatic carbocycles. The number of aryl methyl sites for hydroxylation is 1. The van der Waals surface area contributed by atoms with Crippen LogP contribution in [0.2, 0.25) is 0 Å². The van der Waals surface area contributed by atoms with Crippen molar-refractivity contribution in [3.8, 4) is 22.3 Å². The first kappa shape index (κ1) is 32.9. The highest BCUT2D eigenvalue weighted by Crippen LogP contribution is 2.73. The molecule has 0 saturated heterocycles. The zero-order valence-corrected chi connectivity index (χ0v) is 30.4. The van der Waals surface area contributed by atoms with E-state index in [-0.39, 0.29) is 17.3 Å². The van der Waals surface area contributed by atoms with E-state index in [0.29, 0.717) is 22.5 Å². The minimum absolute atomic E-state index is 0.00787. The van der Waals surface area contributed by atoms with E-state index in [4.69, 9.17) is 9.98 Å². The van der Waals surface area contributed by atoms with Crippen LogP contribution in [0, 0.1) is 6.92 Å². The fourth-order valence-corrected chi connectivity index (χ4v) is 11.2. The van der Waals surface area contributed by atoms with Crippen molar-refractivity contribution in [2.45, 2.75) is 28.8 Å². The van der Waals surface area contributed by atoms with E-state index < -0.39 is 15.1 Å². The van der Waals surface area contributed by atoms with Gasteiger partial charge in [0.1, 0.15) is 12.0 Å². The summed E-state index contributed by atoms with van der Waals surface area (Å²) >= 11 is 0. The van der Waals surface area contributed by atoms with Crippen molar-refractivity contribution in [1.82, 2.24) is 4.90 Å². The highest BCUT2D eigenvalue weighted by Gasteiger charge is 2.44. The second kappa shape index (κ2) is 11.9. The largest absolute Gasteiger partial charge is 0.333 e. The number of nitrogens with zero attached hydrogens (tertiary/aromatic N) is 3. The summed E-state index contributed by atoms with van der Waals surface area (Å²) in [5, 5.41) is 0. The molecule has 6 aromatic carbocycles. The van der Waals surface area contributed by atoms with Crippen molar-refractivity contribution in [1.29, 1.82) is 0 Å². The molecule has 0 N–H and O–H groups in total. The van der Waals surface area contributed by atoms with Crippen molar-refractivity contribution in [3.05, 3.63) is 179 Å². The third-order valence-electron chi connectivity index (χ3n) is 10.6. The third kappa shape index (κ3) is 5.49. The fraction of sp³-hybridized carbons (Fsp3) is 0.156. The first-order valence-electron chi connectivity index (χ1n) is 17.3. The Morgan fingerprint density at radius 3 is 1.76 bits per heavy atom. The van der Waals surface area contributed by atoms with Gasteiger partial charge in [-0.15, -0.1) is 0 Å². The van der Waals surface area contributed by atoms with Gasteiger partial charge in [-0.05, 0) is 81.0 Å². The van der Waals surface area contributed by atoms with Crippen molar-refractivity contribution in [2.24, 2.45) is 9.98 Å². The van der Waals surface area contributed by atoms with Crippen LogP contribution in [0.15, 0.2) is 165 Å². The number of fused-ring (bicyclic) bond motifs is 3. The second-order valence-corrected chi connectivity index (χ2v) is 21.5. The van der Waals surface area contributed by atoms with Crippen LogP contribution in [-0.2, 0) is 5.92 Å². The van der Waals surface area contributed by atoms with Crippen LogP contribution in [0.5, 0.6) is 0 Å². The summed E-state index contributed by atoms with van der Waals surface area (Å²) in [7, 11) is -0.416. The molecule has 1 heterocycles. The topological polar surface area (TPSA) is 28.0 Å². The Hall–Kier alpha value is -5.33. The molecule has 8 rings (SSSR count). The van der Waals surface area contributed by atoms with Gasteiger partial charge in [0, 0.05) is 29.3 Å². The van der Waals surface area contributed by atoms with Gasteiger partial charge in [0.05, 0.1) is 0 Å². The Morgan fingerprint density at radius 1 is 0.608 bits per heavy atom. The third-order valence-corrected chi connectivity index (χ3v) is 14.9. The Kier molecular flexibility index (Phi) is 7.65. The van der Waals surface area contributed by atoms with Crippen molar-refractivity contribution in [3.63, 3.8) is 0 Å². The first-order valence-corrected chi connectivity index (χ1v) is 20.8. The summed E-state index contributed by atoms with van der Waals surface area (Å²) in [6.45, 7) is 2.16. The predicted molar refractivity (Wildman–Crippen MR) is 211 cm³/mol. The van der Waals surface area contributed by atoms with E-state index in [1.54, 1.807) is 18.2 Å². The Balaban J connectivity index is 1.21. The number of amidine groups is 2. The van der Waals surface area contributed by atoms with Crippen LogP contribution in [-0.4, -0.2) is 42.4 Å². The van der Waals surface area contributed by atoms with Gasteiger partial charge in [0.2, 0.25) is 0 Å². The van der Waals surface area contributed by atoms with Gasteiger partial charge in [0.25, 0.3) is 5.92 Å². The van der Waals surface area contributed by atoms with Gasteiger partial charge >= 0.3 is 0 Å². The molecule has 6 heteroatoms. The summed E-state index contributed by atoms with van der Waals surface area (Å²) in [4.78, 5) is 14.9. The summed E-state index contributed by atoms with van der Waals surface area (Å²) in [5.74, 6) is -1.82. The maximum atomic E-state index is 16.0. The lowest BCUT2D eigenvalue weighted by Gasteiger charge is -2.53. The van der Waals surface area contributed by atoms with Gasteiger partial charge in [-0.1, -0.05) is 133 Å². The fourth-order valence-electron chi connectivity index (χ4n) is 7.79. The summed E-state index contributed by atoms with van der Waals surface area (Å²) in [6.07, 6.45) is 6.83. The smallest absolute Gasteiger partial charge is 0.299 e. The van der Waals surface area contributed by atoms with Crippen molar-refractivity contribution < 1.29 is 8.78 Å². The van der Waals surface area contributed by atoms with Crippen molar-refractivity contribution >= 4 is 20.8 Å². The SMILES string of the molecule is Cc1cc(-c2ccc3c(c2)-c2cc(C4=NC(c5ccccc5)N(C)C(c5ccccc5)=N4)ccc2C3(F)F)ccc1[SH](C)(C)(C)c1ccccc1. The van der Waals surface area contributed by atoms with E-state index in [9.17, 15) is 0 Å². The van der Waals surface area contributed by atoms with Crippen molar-refractivity contribution in [2.75, 3.05) is 25.8 Å². The maximum Gasteiger partial charge on any atom is 0.299 e. The van der Waals surface area contributed by atoms with Crippen LogP contribution in [0.3, 0.4) is 0 Å². The van der Waals surface area contributed by atoms with E-state index in [1.165, 1.54) is 15.4 Å². The van der Waals surface area contributed by atoms with Gasteiger partial charge in [-0.3, -0.25) is 0 Å². The van der Waals surface area contributed by atoms with Crippen LogP contribution < -0.4 is 0 Å². The average Bonchev–Trinajstić information content (AvgIpc) is 3.37. The molecule has 6 aromatic rings. The van der Waals surface area contributed by atoms with Gasteiger partial charge in [-0.25, -0.2) is 19.1 Å². The Labute approximate surface area is 299 Å². The molecule has 1 atom stereocenters. The molecule has 1 aliphatic heterocycles. The number of halogens is 2. The van der Waals surface area contributed by atoms with Crippen LogP contribution >= 0.6 is 9.16 Å². The van der Waals surface area contributed by atoms with E-state index >= 15 is 8.78 Å². The Bertz CT molecular complexity index is 2360. The molecule has 0 bridgehead atoms. The molecule has 0 aromatic heterocycles. The zero-order chi connectivity index (χ0) is 35.6. The molecule has 2 aliphatic rings. The number of hydrogen-bond acceptors (Lipinski definition) is 3. The second-order valence-electron chi connectivity index (χ2n) is 14.9. The summed E-state index contributed by atoms with van der Waals surface area (Å²) in [6, 6.07) is 47.9. The molecule has 0 spiro atoms. The highest BCUT2D eigenvalue weighted by molar-refractivity contribution is 8.48. The predicted octanol–water partition coefficient (Wildman–Crippen LogP) is 11.0. The normalized spacial score (nSPS) is 17.1. The number of alkyl halides is 2. The Morgan fingerprint density at radius 2 is 1.14 bits per heavy atom. The molecule has 51 heavy (non-hydrogen) atoms. The first-order chi connectivity index (χ1) is 24.4. The number of benzene rings is 6. The lowest BCUT2D eigenvalue weighted by atomic mass is 9.97. The quantitative estimate of drug-likeness (QED) is 0.173. The lowest BCUT2D eigenvalue weighted by molar-refractivity contribution is 0.0480.